The predicted octanol–water partition coefficient (Wildman–Crippen LogP) is 3.55. The van der Waals surface area contributed by atoms with Crippen LogP contribution in [0.2, 0.25) is 0 Å². The molecule has 0 radical (unpaired) electrons. The average Bonchev–Trinajstić information content (AvgIpc) is 2.37. The van der Waals surface area contributed by atoms with Crippen LogP contribution in [0.25, 0.3) is 11.3 Å². The highest BCUT2D eigenvalue weighted by atomic mass is 16.5. The number of benzene rings is 1. The van der Waals surface area contributed by atoms with Crippen molar-refractivity contribution in [1.29, 1.82) is 5.26 Å². The number of nitriles is 1. The molecule has 3 nitrogen and oxygen atoms in total. The molecule has 2 rings (SSSR count). The molecule has 0 aliphatic rings. The van der Waals surface area contributed by atoms with Crippen molar-refractivity contribution in [1.82, 2.24) is 4.98 Å². The summed E-state index contributed by atoms with van der Waals surface area (Å²) in [4.78, 5) is 4.40. The molecule has 1 heterocycles. The summed E-state index contributed by atoms with van der Waals surface area (Å²) in [6, 6.07) is 8.17. The van der Waals surface area contributed by atoms with Crippen molar-refractivity contribution >= 4 is 0 Å². The van der Waals surface area contributed by atoms with Gasteiger partial charge in [-0.05, 0) is 38.0 Å². The summed E-state index contributed by atoms with van der Waals surface area (Å²) in [5.41, 5.74) is 5.97. The van der Waals surface area contributed by atoms with Crippen LogP contribution in [0.5, 0.6) is 5.75 Å². The maximum atomic E-state index is 9.15. The Balaban J connectivity index is 2.64. The Morgan fingerprint density at radius 3 is 2.26 bits per heavy atom. The van der Waals surface area contributed by atoms with Crippen molar-refractivity contribution in [3.63, 3.8) is 0 Å². The van der Waals surface area contributed by atoms with E-state index in [4.69, 9.17) is 10.00 Å². The second kappa shape index (κ2) is 5.11. The van der Waals surface area contributed by atoms with E-state index < -0.39 is 0 Å². The number of pyridine rings is 1. The first-order valence-electron chi connectivity index (χ1n) is 6.09. The van der Waals surface area contributed by atoms with E-state index in [1.54, 1.807) is 19.4 Å². The van der Waals surface area contributed by atoms with E-state index in [-0.39, 0.29) is 0 Å². The summed E-state index contributed by atoms with van der Waals surface area (Å²) >= 11 is 0. The van der Waals surface area contributed by atoms with Gasteiger partial charge in [0.1, 0.15) is 6.07 Å². The van der Waals surface area contributed by atoms with E-state index in [9.17, 15) is 0 Å². The Kier molecular flexibility index (Phi) is 3.52. The van der Waals surface area contributed by atoms with Gasteiger partial charge in [-0.1, -0.05) is 17.7 Å². The largest absolute Gasteiger partial charge is 0.494 e. The maximum absolute atomic E-state index is 9.15. The van der Waals surface area contributed by atoms with Crippen LogP contribution >= 0.6 is 0 Å². The fourth-order valence-corrected chi connectivity index (χ4v) is 2.41. The van der Waals surface area contributed by atoms with Crippen molar-refractivity contribution in [2.45, 2.75) is 20.8 Å². The van der Waals surface area contributed by atoms with Crippen molar-refractivity contribution in [2.75, 3.05) is 7.11 Å². The van der Waals surface area contributed by atoms with Gasteiger partial charge in [0.15, 0.2) is 5.75 Å². The van der Waals surface area contributed by atoms with E-state index >= 15 is 0 Å². The van der Waals surface area contributed by atoms with Crippen LogP contribution in [0.1, 0.15) is 22.3 Å². The van der Waals surface area contributed by atoms with Crippen LogP contribution in [0.15, 0.2) is 24.4 Å². The van der Waals surface area contributed by atoms with Crippen LogP contribution in [0.3, 0.4) is 0 Å². The molecule has 0 fully saturated rings. The van der Waals surface area contributed by atoms with Crippen LogP contribution < -0.4 is 4.74 Å². The molecule has 2 aromatic rings. The number of rotatable bonds is 2. The first-order valence-corrected chi connectivity index (χ1v) is 6.09. The number of aryl methyl sites for hydroxylation is 3. The number of nitrogens with zero attached hydrogens (tertiary/aromatic N) is 2. The molecule has 1 aromatic carbocycles. The lowest BCUT2D eigenvalue weighted by atomic mass is 9.96. The van der Waals surface area contributed by atoms with E-state index in [1.807, 2.05) is 0 Å². The monoisotopic (exact) mass is 252 g/mol. The zero-order chi connectivity index (χ0) is 14.0. The van der Waals surface area contributed by atoms with Crippen molar-refractivity contribution in [2.24, 2.45) is 0 Å². The van der Waals surface area contributed by atoms with Crippen LogP contribution in [0, 0.1) is 32.1 Å². The molecule has 1 aromatic heterocycles. The fraction of sp³-hybridized carbons (Fsp3) is 0.250. The van der Waals surface area contributed by atoms with Crippen LogP contribution in [-0.4, -0.2) is 12.1 Å². The second-order valence-electron chi connectivity index (χ2n) is 4.66. The minimum absolute atomic E-state index is 0.506. The second-order valence-corrected chi connectivity index (χ2v) is 4.66. The van der Waals surface area contributed by atoms with Crippen molar-refractivity contribution in [3.8, 4) is 23.1 Å². The Labute approximate surface area is 113 Å². The summed E-state index contributed by atoms with van der Waals surface area (Å²) < 4.78 is 5.12. The van der Waals surface area contributed by atoms with Gasteiger partial charge in [0.25, 0.3) is 0 Å². The van der Waals surface area contributed by atoms with Gasteiger partial charge in [0.05, 0.1) is 24.6 Å². The minimum atomic E-state index is 0.506. The number of methoxy groups -OCH3 is 1. The zero-order valence-corrected chi connectivity index (χ0v) is 11.6. The van der Waals surface area contributed by atoms with Gasteiger partial charge in [-0.2, -0.15) is 5.26 Å². The third kappa shape index (κ3) is 2.43. The summed E-state index contributed by atoms with van der Waals surface area (Å²) in [6.45, 7) is 6.20. The third-order valence-corrected chi connectivity index (χ3v) is 3.14. The molecule has 0 aliphatic heterocycles. The summed E-state index contributed by atoms with van der Waals surface area (Å²) in [5, 5.41) is 9.15. The Morgan fingerprint density at radius 2 is 1.74 bits per heavy atom. The molecule has 0 saturated heterocycles. The average molecular weight is 252 g/mol. The van der Waals surface area contributed by atoms with Gasteiger partial charge in [-0.25, -0.2) is 0 Å². The molecule has 0 aliphatic carbocycles. The minimum Gasteiger partial charge on any atom is -0.494 e. The van der Waals surface area contributed by atoms with Crippen molar-refractivity contribution in [3.05, 3.63) is 46.6 Å². The number of hydrogen-bond acceptors (Lipinski definition) is 3. The fourth-order valence-electron chi connectivity index (χ4n) is 2.41. The highest BCUT2D eigenvalue weighted by Gasteiger charge is 2.11. The highest BCUT2D eigenvalue weighted by molar-refractivity contribution is 5.70. The van der Waals surface area contributed by atoms with E-state index in [1.165, 1.54) is 16.7 Å². The molecular formula is C16H16N2O. The predicted molar refractivity (Wildman–Crippen MR) is 75.2 cm³/mol. The van der Waals surface area contributed by atoms with Gasteiger partial charge >= 0.3 is 0 Å². The molecule has 0 unspecified atom stereocenters. The molecule has 0 amide bonds. The summed E-state index contributed by atoms with van der Waals surface area (Å²) in [6.07, 6.45) is 1.60. The van der Waals surface area contributed by atoms with E-state index in [0.717, 1.165) is 11.3 Å². The van der Waals surface area contributed by atoms with E-state index in [0.29, 0.717) is 11.3 Å². The molecule has 0 bridgehead atoms. The van der Waals surface area contributed by atoms with Gasteiger partial charge < -0.3 is 4.74 Å². The molecule has 0 spiro atoms. The SMILES string of the molecule is COc1cnc(-c2c(C)cc(C)cc2C)cc1C#N. The van der Waals surface area contributed by atoms with Crippen LogP contribution in [-0.2, 0) is 0 Å². The van der Waals surface area contributed by atoms with E-state index in [2.05, 4.69) is 44.0 Å². The Hall–Kier alpha value is -2.34. The first kappa shape index (κ1) is 13.1. The quantitative estimate of drug-likeness (QED) is 0.821. The standard InChI is InChI=1S/C16H16N2O/c1-10-5-11(2)16(12(3)6-10)14-7-13(8-17)15(19-4)9-18-14/h5-7,9H,1-4H3. The van der Waals surface area contributed by atoms with Gasteiger partial charge in [-0.15, -0.1) is 0 Å². The first-order chi connectivity index (χ1) is 9.06. The molecule has 3 heteroatoms. The van der Waals surface area contributed by atoms with Crippen LogP contribution in [0.4, 0.5) is 0 Å². The zero-order valence-electron chi connectivity index (χ0n) is 11.6. The Bertz CT molecular complexity index is 646. The van der Waals surface area contributed by atoms with Gasteiger partial charge in [-0.3, -0.25) is 4.98 Å². The van der Waals surface area contributed by atoms with Crippen molar-refractivity contribution < 1.29 is 4.74 Å². The smallest absolute Gasteiger partial charge is 0.154 e. The lowest BCUT2D eigenvalue weighted by molar-refractivity contribution is 0.411. The number of ether oxygens (including phenoxy) is 1. The summed E-state index contributed by atoms with van der Waals surface area (Å²) in [5.74, 6) is 0.508. The molecule has 0 atom stereocenters. The van der Waals surface area contributed by atoms with Gasteiger partial charge in [0, 0.05) is 5.56 Å². The lowest BCUT2D eigenvalue weighted by Crippen LogP contribution is -1.95. The number of aromatic nitrogens is 1. The highest BCUT2D eigenvalue weighted by Crippen LogP contribution is 2.29. The normalized spacial score (nSPS) is 10.1. The molecule has 96 valence electrons. The molecule has 19 heavy (non-hydrogen) atoms. The summed E-state index contributed by atoms with van der Waals surface area (Å²) in [7, 11) is 1.54. The molecular weight excluding hydrogens is 236 g/mol. The molecule has 0 saturated carbocycles. The third-order valence-electron chi connectivity index (χ3n) is 3.14. The topological polar surface area (TPSA) is 45.9 Å². The Morgan fingerprint density at radius 1 is 1.11 bits per heavy atom. The van der Waals surface area contributed by atoms with Gasteiger partial charge in [0.2, 0.25) is 0 Å². The maximum Gasteiger partial charge on any atom is 0.154 e. The lowest BCUT2D eigenvalue weighted by Gasteiger charge is -2.12. The number of hydrogen-bond donors (Lipinski definition) is 0. The molecule has 0 N–H and O–H groups in total.